The second kappa shape index (κ2) is 7.99. The number of nitrogens with one attached hydrogen (secondary N) is 2. The Hall–Kier alpha value is -1.31. The molecule has 2 saturated carbocycles. The normalized spacial score (nSPS) is 19.7. The average Bonchev–Trinajstić information content (AvgIpc) is 3.29. The predicted octanol–water partition coefficient (Wildman–Crippen LogP) is 2.42. The Labute approximate surface area is 134 Å². The molecule has 2 rings (SSSR count). The van der Waals surface area contributed by atoms with Gasteiger partial charge in [-0.1, -0.05) is 19.3 Å². The highest BCUT2D eigenvalue weighted by Crippen LogP contribution is 2.31. The maximum absolute atomic E-state index is 12.0. The van der Waals surface area contributed by atoms with E-state index < -0.39 is 24.7 Å². The molecule has 0 radical (unpaired) electrons. The van der Waals surface area contributed by atoms with Gasteiger partial charge in [-0.25, -0.2) is 4.79 Å². The summed E-state index contributed by atoms with van der Waals surface area (Å²) in [4.78, 5) is 25.2. The number of halogens is 3. The third-order valence-corrected chi connectivity index (χ3v) is 4.33. The Morgan fingerprint density at radius 3 is 2.26 bits per heavy atom. The van der Waals surface area contributed by atoms with E-state index in [4.69, 9.17) is 0 Å². The summed E-state index contributed by atoms with van der Waals surface area (Å²) >= 11 is 0. The van der Waals surface area contributed by atoms with Crippen LogP contribution in [-0.4, -0.2) is 48.7 Å². The second-order valence-corrected chi connectivity index (χ2v) is 6.51. The van der Waals surface area contributed by atoms with Crippen LogP contribution in [0.5, 0.6) is 0 Å². The van der Waals surface area contributed by atoms with Gasteiger partial charge in [0.2, 0.25) is 5.91 Å². The summed E-state index contributed by atoms with van der Waals surface area (Å²) in [6.45, 7) is -0.538. The Bertz CT molecular complexity index is 419. The van der Waals surface area contributed by atoms with Crippen LogP contribution in [0.1, 0.15) is 44.9 Å². The van der Waals surface area contributed by atoms with E-state index >= 15 is 0 Å². The highest BCUT2D eigenvalue weighted by Gasteiger charge is 2.33. The number of carbonyl (C=O) groups excluding carboxylic acids is 2. The van der Waals surface area contributed by atoms with Gasteiger partial charge >= 0.3 is 12.2 Å². The Kier molecular flexibility index (Phi) is 6.26. The Morgan fingerprint density at radius 1 is 1.04 bits per heavy atom. The molecule has 0 bridgehead atoms. The maximum Gasteiger partial charge on any atom is 0.405 e. The van der Waals surface area contributed by atoms with Crippen LogP contribution in [0.25, 0.3) is 0 Å². The highest BCUT2D eigenvalue weighted by molar-refractivity contribution is 5.95. The summed E-state index contributed by atoms with van der Waals surface area (Å²) < 4.78 is 36.0. The summed E-state index contributed by atoms with van der Waals surface area (Å²) in [5, 5.41) is 3.61. The molecule has 5 nitrogen and oxygen atoms in total. The topological polar surface area (TPSA) is 61.4 Å². The van der Waals surface area contributed by atoms with Crippen LogP contribution < -0.4 is 10.6 Å². The fourth-order valence-corrected chi connectivity index (χ4v) is 3.06. The summed E-state index contributed by atoms with van der Waals surface area (Å²) in [6.07, 6.45) is 3.63. The average molecular weight is 335 g/mol. The molecule has 0 unspecified atom stereocenters. The second-order valence-electron chi connectivity index (χ2n) is 6.51. The van der Waals surface area contributed by atoms with Crippen molar-refractivity contribution >= 4 is 11.9 Å². The van der Waals surface area contributed by atoms with Crippen LogP contribution in [0, 0.1) is 5.92 Å². The number of amides is 3. The van der Waals surface area contributed by atoms with Gasteiger partial charge in [-0.15, -0.1) is 0 Å². The van der Waals surface area contributed by atoms with Crippen molar-refractivity contribution in [3.8, 4) is 0 Å². The van der Waals surface area contributed by atoms with Crippen LogP contribution >= 0.6 is 0 Å². The van der Waals surface area contributed by atoms with Crippen molar-refractivity contribution in [1.29, 1.82) is 0 Å². The molecule has 8 heteroatoms. The SMILES string of the molecule is O=C(CN(CC1CCCCC1)C1CC1)NC(=O)NCC(F)(F)F. The number of nitrogens with zero attached hydrogens (tertiary/aromatic N) is 1. The largest absolute Gasteiger partial charge is 0.405 e. The van der Waals surface area contributed by atoms with Gasteiger partial charge in [0.05, 0.1) is 6.54 Å². The maximum atomic E-state index is 12.0. The molecule has 0 atom stereocenters. The van der Waals surface area contributed by atoms with E-state index in [0.717, 1.165) is 32.2 Å². The molecule has 0 heterocycles. The molecule has 0 aliphatic heterocycles. The Balaban J connectivity index is 1.73. The first kappa shape index (κ1) is 18.0. The van der Waals surface area contributed by atoms with Gasteiger partial charge in [-0.05, 0) is 31.6 Å². The number of imide groups is 1. The molecule has 0 aromatic rings. The van der Waals surface area contributed by atoms with E-state index in [1.165, 1.54) is 19.3 Å². The van der Waals surface area contributed by atoms with Gasteiger partial charge in [0, 0.05) is 12.6 Å². The molecule has 2 aliphatic rings. The van der Waals surface area contributed by atoms with Crippen LogP contribution in [0.2, 0.25) is 0 Å². The molecule has 0 aromatic heterocycles. The van der Waals surface area contributed by atoms with Crippen LogP contribution in [0.4, 0.5) is 18.0 Å². The first-order valence-electron chi connectivity index (χ1n) is 8.22. The molecule has 2 aliphatic carbocycles. The number of hydrogen-bond acceptors (Lipinski definition) is 3. The molecule has 23 heavy (non-hydrogen) atoms. The zero-order valence-corrected chi connectivity index (χ0v) is 13.1. The third-order valence-electron chi connectivity index (χ3n) is 4.33. The van der Waals surface area contributed by atoms with Crippen molar-refractivity contribution in [2.75, 3.05) is 19.6 Å². The van der Waals surface area contributed by atoms with Crippen LogP contribution in [0.15, 0.2) is 0 Å². The zero-order chi connectivity index (χ0) is 16.9. The van der Waals surface area contributed by atoms with Crippen molar-refractivity contribution < 1.29 is 22.8 Å². The van der Waals surface area contributed by atoms with Crippen LogP contribution in [-0.2, 0) is 4.79 Å². The third kappa shape index (κ3) is 7.20. The van der Waals surface area contributed by atoms with Crippen molar-refractivity contribution in [1.82, 2.24) is 15.5 Å². The quantitative estimate of drug-likeness (QED) is 0.784. The number of urea groups is 1. The molecule has 0 saturated heterocycles. The van der Waals surface area contributed by atoms with Crippen molar-refractivity contribution in [3.63, 3.8) is 0 Å². The summed E-state index contributed by atoms with van der Waals surface area (Å²) in [5.41, 5.74) is 0. The van der Waals surface area contributed by atoms with E-state index in [0.29, 0.717) is 12.0 Å². The molecular weight excluding hydrogens is 311 g/mol. The fraction of sp³-hybridized carbons (Fsp3) is 0.867. The van der Waals surface area contributed by atoms with Gasteiger partial charge in [-0.2, -0.15) is 13.2 Å². The molecule has 132 valence electrons. The lowest BCUT2D eigenvalue weighted by Gasteiger charge is -2.29. The minimum Gasteiger partial charge on any atom is -0.329 e. The summed E-state index contributed by atoms with van der Waals surface area (Å²) in [5.74, 6) is 0.0311. The van der Waals surface area contributed by atoms with E-state index in [2.05, 4.69) is 4.90 Å². The van der Waals surface area contributed by atoms with Gasteiger partial charge in [0.25, 0.3) is 0 Å². The molecule has 2 fully saturated rings. The van der Waals surface area contributed by atoms with Gasteiger partial charge in [0.1, 0.15) is 6.54 Å². The molecule has 3 amide bonds. The molecule has 0 aromatic carbocycles. The molecular formula is C15H24F3N3O2. The van der Waals surface area contributed by atoms with E-state index in [1.807, 2.05) is 5.32 Å². The van der Waals surface area contributed by atoms with E-state index in [9.17, 15) is 22.8 Å². The van der Waals surface area contributed by atoms with Crippen molar-refractivity contribution in [2.45, 2.75) is 57.2 Å². The van der Waals surface area contributed by atoms with Crippen molar-refractivity contribution in [2.24, 2.45) is 5.92 Å². The molecule has 0 spiro atoms. The first-order valence-corrected chi connectivity index (χ1v) is 8.22. The summed E-state index contributed by atoms with van der Waals surface area (Å²) in [7, 11) is 0. The fourth-order valence-electron chi connectivity index (χ4n) is 3.06. The lowest BCUT2D eigenvalue weighted by molar-refractivity contribution is -0.125. The number of hydrogen-bond donors (Lipinski definition) is 2. The van der Waals surface area contributed by atoms with Crippen molar-refractivity contribution in [3.05, 3.63) is 0 Å². The van der Waals surface area contributed by atoms with Gasteiger partial charge < -0.3 is 5.32 Å². The number of alkyl halides is 3. The smallest absolute Gasteiger partial charge is 0.329 e. The first-order chi connectivity index (χ1) is 10.8. The number of rotatable bonds is 6. The standard InChI is InChI=1S/C15H24F3N3O2/c16-15(17,18)10-19-14(23)20-13(22)9-21(12-6-7-12)8-11-4-2-1-3-5-11/h11-12H,1-10H2,(H2,19,20,22,23). The monoisotopic (exact) mass is 335 g/mol. The van der Waals surface area contributed by atoms with Gasteiger partial charge in [0.15, 0.2) is 0 Å². The highest BCUT2D eigenvalue weighted by atomic mass is 19.4. The summed E-state index contributed by atoms with van der Waals surface area (Å²) in [6, 6.07) is -0.721. The lowest BCUT2D eigenvalue weighted by Crippen LogP contribution is -2.47. The van der Waals surface area contributed by atoms with E-state index in [1.54, 1.807) is 5.32 Å². The zero-order valence-electron chi connectivity index (χ0n) is 13.1. The molecule has 2 N–H and O–H groups in total. The van der Waals surface area contributed by atoms with Gasteiger partial charge in [-0.3, -0.25) is 15.0 Å². The Morgan fingerprint density at radius 2 is 1.70 bits per heavy atom. The minimum absolute atomic E-state index is 0.0700. The predicted molar refractivity (Wildman–Crippen MR) is 78.8 cm³/mol. The number of carbonyl (C=O) groups is 2. The van der Waals surface area contributed by atoms with E-state index in [-0.39, 0.29) is 6.54 Å². The van der Waals surface area contributed by atoms with Crippen LogP contribution in [0.3, 0.4) is 0 Å². The lowest BCUT2D eigenvalue weighted by atomic mass is 9.89. The minimum atomic E-state index is -4.48.